The molecule has 3 rings (SSSR count). The lowest BCUT2D eigenvalue weighted by atomic mass is 10.2. The minimum atomic E-state index is -4.44. The Morgan fingerprint density at radius 2 is 1.86 bits per heavy atom. The van der Waals surface area contributed by atoms with Crippen molar-refractivity contribution in [2.24, 2.45) is 0 Å². The van der Waals surface area contributed by atoms with Gasteiger partial charge in [-0.25, -0.2) is 18.1 Å². The number of imidazole rings is 1. The van der Waals surface area contributed by atoms with Crippen molar-refractivity contribution in [3.8, 4) is 0 Å². The standard InChI is InChI=1S/C18H18F3N3O2S2/c1-28(25,26)22-9-10-27-17-23-15-11-14(18(19,20)21)7-8-16(15)24(17)12-13-5-3-2-4-6-13/h2-8,11,22H,9-10,12H2,1H3. The van der Waals surface area contributed by atoms with E-state index >= 15 is 0 Å². The normalized spacial score (nSPS) is 12.6. The van der Waals surface area contributed by atoms with Crippen LogP contribution in [0.3, 0.4) is 0 Å². The highest BCUT2D eigenvalue weighted by molar-refractivity contribution is 7.99. The van der Waals surface area contributed by atoms with Gasteiger partial charge in [-0.3, -0.25) is 0 Å². The van der Waals surface area contributed by atoms with Gasteiger partial charge < -0.3 is 4.57 Å². The second-order valence-corrected chi connectivity index (χ2v) is 9.08. The summed E-state index contributed by atoms with van der Waals surface area (Å²) in [5, 5.41) is 0.536. The molecule has 0 bridgehead atoms. The van der Waals surface area contributed by atoms with Gasteiger partial charge in [-0.05, 0) is 23.8 Å². The van der Waals surface area contributed by atoms with Gasteiger partial charge in [0.1, 0.15) is 0 Å². The predicted octanol–water partition coefficient (Wildman–Crippen LogP) is 3.74. The van der Waals surface area contributed by atoms with Crippen LogP contribution in [0.1, 0.15) is 11.1 Å². The van der Waals surface area contributed by atoms with E-state index in [0.29, 0.717) is 23.0 Å². The largest absolute Gasteiger partial charge is 0.416 e. The van der Waals surface area contributed by atoms with Crippen LogP contribution in [0.2, 0.25) is 0 Å². The Kier molecular flexibility index (Phi) is 6.01. The summed E-state index contributed by atoms with van der Waals surface area (Å²) in [4.78, 5) is 4.37. The molecule has 0 saturated heterocycles. The number of nitrogens with zero attached hydrogens (tertiary/aromatic N) is 2. The van der Waals surface area contributed by atoms with Crippen molar-refractivity contribution in [2.45, 2.75) is 17.9 Å². The first kappa shape index (κ1) is 20.7. The molecule has 0 amide bonds. The average Bonchev–Trinajstić information content (AvgIpc) is 2.95. The maximum absolute atomic E-state index is 13.0. The Bertz CT molecular complexity index is 1060. The van der Waals surface area contributed by atoms with E-state index in [0.717, 1.165) is 24.0 Å². The van der Waals surface area contributed by atoms with Gasteiger partial charge in [0.25, 0.3) is 0 Å². The van der Waals surface area contributed by atoms with Crippen molar-refractivity contribution in [3.05, 3.63) is 59.7 Å². The summed E-state index contributed by atoms with van der Waals surface area (Å²) in [6.07, 6.45) is -3.37. The van der Waals surface area contributed by atoms with E-state index in [1.54, 1.807) is 0 Å². The molecule has 150 valence electrons. The van der Waals surface area contributed by atoms with E-state index in [9.17, 15) is 21.6 Å². The van der Waals surface area contributed by atoms with Crippen LogP contribution in [0.25, 0.3) is 11.0 Å². The SMILES string of the molecule is CS(=O)(=O)NCCSc1nc2cc(C(F)(F)F)ccc2n1Cc1ccccc1. The molecule has 3 aromatic rings. The van der Waals surface area contributed by atoms with Crippen LogP contribution in [0.5, 0.6) is 0 Å². The molecule has 10 heteroatoms. The van der Waals surface area contributed by atoms with Crippen molar-refractivity contribution in [3.63, 3.8) is 0 Å². The van der Waals surface area contributed by atoms with Gasteiger partial charge in [-0.2, -0.15) is 13.2 Å². The number of hydrogen-bond donors (Lipinski definition) is 1. The summed E-state index contributed by atoms with van der Waals surface area (Å²) in [6, 6.07) is 13.0. The Labute approximate surface area is 165 Å². The van der Waals surface area contributed by atoms with Crippen LogP contribution in [-0.4, -0.2) is 36.5 Å². The fraction of sp³-hybridized carbons (Fsp3) is 0.278. The average molecular weight is 429 g/mol. The van der Waals surface area contributed by atoms with E-state index < -0.39 is 21.8 Å². The Morgan fingerprint density at radius 3 is 2.50 bits per heavy atom. The number of hydrogen-bond acceptors (Lipinski definition) is 4. The molecule has 0 spiro atoms. The lowest BCUT2D eigenvalue weighted by Crippen LogP contribution is -2.24. The molecule has 0 fully saturated rings. The van der Waals surface area contributed by atoms with Crippen molar-refractivity contribution < 1.29 is 21.6 Å². The van der Waals surface area contributed by atoms with Gasteiger partial charge in [-0.15, -0.1) is 0 Å². The quantitative estimate of drug-likeness (QED) is 0.459. The molecule has 0 aliphatic heterocycles. The third-order valence-electron chi connectivity index (χ3n) is 3.92. The van der Waals surface area contributed by atoms with Crippen LogP contribution in [0, 0.1) is 0 Å². The summed E-state index contributed by atoms with van der Waals surface area (Å²) in [5.74, 6) is 0.400. The minimum Gasteiger partial charge on any atom is -0.314 e. The van der Waals surface area contributed by atoms with Crippen LogP contribution < -0.4 is 4.72 Å². The Hall–Kier alpha value is -2.04. The van der Waals surface area contributed by atoms with Crippen molar-refractivity contribution >= 4 is 32.8 Å². The van der Waals surface area contributed by atoms with Crippen molar-refractivity contribution in [1.29, 1.82) is 0 Å². The Morgan fingerprint density at radius 1 is 1.14 bits per heavy atom. The molecule has 1 N–H and O–H groups in total. The number of aromatic nitrogens is 2. The molecule has 2 aromatic carbocycles. The number of nitrogens with one attached hydrogen (secondary N) is 1. The van der Waals surface area contributed by atoms with Crippen LogP contribution in [0.4, 0.5) is 13.2 Å². The third-order valence-corrected chi connectivity index (χ3v) is 5.63. The molecule has 0 aliphatic rings. The second-order valence-electron chi connectivity index (χ2n) is 6.18. The van der Waals surface area contributed by atoms with Crippen LogP contribution in [-0.2, 0) is 22.7 Å². The van der Waals surface area contributed by atoms with Gasteiger partial charge >= 0.3 is 6.18 Å². The second kappa shape index (κ2) is 8.14. The predicted molar refractivity (Wildman–Crippen MR) is 104 cm³/mol. The number of rotatable bonds is 7. The summed E-state index contributed by atoms with van der Waals surface area (Å²) < 4.78 is 65.7. The van der Waals surface area contributed by atoms with Gasteiger partial charge in [0.05, 0.1) is 29.4 Å². The zero-order valence-corrected chi connectivity index (χ0v) is 16.5. The molecule has 0 radical (unpaired) electrons. The van der Waals surface area contributed by atoms with Gasteiger partial charge in [-0.1, -0.05) is 42.1 Å². The fourth-order valence-electron chi connectivity index (χ4n) is 2.68. The molecule has 0 saturated carbocycles. The highest BCUT2D eigenvalue weighted by Crippen LogP contribution is 2.33. The number of benzene rings is 2. The number of sulfonamides is 1. The van der Waals surface area contributed by atoms with E-state index in [4.69, 9.17) is 0 Å². The maximum Gasteiger partial charge on any atom is 0.416 e. The topological polar surface area (TPSA) is 64.0 Å². The molecular weight excluding hydrogens is 411 g/mol. The zero-order chi connectivity index (χ0) is 20.4. The molecule has 1 heterocycles. The molecule has 0 aliphatic carbocycles. The smallest absolute Gasteiger partial charge is 0.314 e. The summed E-state index contributed by atoms with van der Waals surface area (Å²) in [6.45, 7) is 0.649. The van der Waals surface area contributed by atoms with Crippen LogP contribution in [0.15, 0.2) is 53.7 Å². The molecule has 0 unspecified atom stereocenters. The van der Waals surface area contributed by atoms with Crippen molar-refractivity contribution in [2.75, 3.05) is 18.6 Å². The van der Waals surface area contributed by atoms with E-state index in [1.807, 2.05) is 34.9 Å². The number of alkyl halides is 3. The number of thioether (sulfide) groups is 1. The van der Waals surface area contributed by atoms with E-state index in [2.05, 4.69) is 9.71 Å². The number of fused-ring (bicyclic) bond motifs is 1. The third kappa shape index (κ3) is 5.27. The Balaban J connectivity index is 1.93. The summed E-state index contributed by atoms with van der Waals surface area (Å²) >= 11 is 1.29. The molecule has 0 atom stereocenters. The van der Waals surface area contributed by atoms with Gasteiger partial charge in [0.2, 0.25) is 10.0 Å². The van der Waals surface area contributed by atoms with Crippen LogP contribution >= 0.6 is 11.8 Å². The number of halogens is 3. The first-order valence-electron chi connectivity index (χ1n) is 8.32. The van der Waals surface area contributed by atoms with Gasteiger partial charge in [0, 0.05) is 12.3 Å². The summed E-state index contributed by atoms with van der Waals surface area (Å²) in [7, 11) is -3.30. The van der Waals surface area contributed by atoms with E-state index in [-0.39, 0.29) is 12.1 Å². The van der Waals surface area contributed by atoms with Gasteiger partial charge in [0.15, 0.2) is 5.16 Å². The van der Waals surface area contributed by atoms with E-state index in [1.165, 1.54) is 17.8 Å². The monoisotopic (exact) mass is 429 g/mol. The maximum atomic E-state index is 13.0. The fourth-order valence-corrected chi connectivity index (χ4v) is 4.15. The first-order valence-corrected chi connectivity index (χ1v) is 11.2. The first-order chi connectivity index (χ1) is 13.1. The summed E-state index contributed by atoms with van der Waals surface area (Å²) in [5.41, 5.74) is 1.08. The van der Waals surface area contributed by atoms with Crippen molar-refractivity contribution in [1.82, 2.24) is 14.3 Å². The lowest BCUT2D eigenvalue weighted by molar-refractivity contribution is -0.137. The molecule has 1 aromatic heterocycles. The highest BCUT2D eigenvalue weighted by Gasteiger charge is 2.31. The molecule has 28 heavy (non-hydrogen) atoms. The molecule has 5 nitrogen and oxygen atoms in total. The minimum absolute atomic E-state index is 0.200. The highest BCUT2D eigenvalue weighted by atomic mass is 32.2. The zero-order valence-electron chi connectivity index (χ0n) is 14.9. The molecular formula is C18H18F3N3O2S2. The lowest BCUT2D eigenvalue weighted by Gasteiger charge is -2.10.